The number of esters is 1. The van der Waals surface area contributed by atoms with Gasteiger partial charge in [-0.05, 0) is 134 Å². The molecule has 3 N–H and O–H groups in total. The monoisotopic (exact) mass is 776 g/mol. The Labute approximate surface area is 340 Å². The van der Waals surface area contributed by atoms with Crippen molar-refractivity contribution in [3.05, 3.63) is 128 Å². The van der Waals surface area contributed by atoms with Gasteiger partial charge in [-0.3, -0.25) is 14.4 Å². The summed E-state index contributed by atoms with van der Waals surface area (Å²) in [4.78, 5) is 36.5. The second kappa shape index (κ2) is 22.2. The van der Waals surface area contributed by atoms with Crippen LogP contribution >= 0.6 is 0 Å². The smallest absolute Gasteiger partial charge is 0.306 e. The zero-order valence-corrected chi connectivity index (χ0v) is 34.0. The van der Waals surface area contributed by atoms with Crippen molar-refractivity contribution < 1.29 is 29.0 Å². The van der Waals surface area contributed by atoms with E-state index >= 15 is 0 Å². The van der Waals surface area contributed by atoms with Crippen LogP contribution < -0.4 is 10.6 Å². The van der Waals surface area contributed by atoms with Gasteiger partial charge in [0.1, 0.15) is 11.6 Å². The Balaban J connectivity index is 0.000000222. The average Bonchev–Trinajstić information content (AvgIpc) is 3.68. The summed E-state index contributed by atoms with van der Waals surface area (Å²) < 4.78 is 9.95. The van der Waals surface area contributed by atoms with Gasteiger partial charge in [0.15, 0.2) is 0 Å². The van der Waals surface area contributed by atoms with E-state index in [-0.39, 0.29) is 43.7 Å². The Morgan fingerprint density at radius 1 is 0.719 bits per heavy atom. The molecule has 8 nitrogen and oxygen atoms in total. The quantitative estimate of drug-likeness (QED) is 0.144. The summed E-state index contributed by atoms with van der Waals surface area (Å²) in [7, 11) is 0. The van der Waals surface area contributed by atoms with Crippen LogP contribution in [0.4, 0.5) is 11.4 Å². The maximum absolute atomic E-state index is 12.5. The number of carbonyl (C=O) groups excluding carboxylic acids is 3. The van der Waals surface area contributed by atoms with Crippen LogP contribution in [0.3, 0.4) is 0 Å². The number of aliphatic hydroxyl groups excluding tert-OH is 1. The third-order valence-corrected chi connectivity index (χ3v) is 10.8. The fourth-order valence-corrected chi connectivity index (χ4v) is 7.42. The van der Waals surface area contributed by atoms with Gasteiger partial charge in [0.25, 0.3) is 0 Å². The molecule has 3 aliphatic heterocycles. The van der Waals surface area contributed by atoms with Crippen molar-refractivity contribution in [1.29, 1.82) is 0 Å². The predicted octanol–water partition coefficient (Wildman–Crippen LogP) is 9.80. The first-order valence-corrected chi connectivity index (χ1v) is 20.3. The molecular weight excluding hydrogens is 713 g/mol. The minimum Gasteiger partial charge on any atom is -0.466 e. The number of rotatable bonds is 9. The Kier molecular flexibility index (Phi) is 17.5. The second-order valence-corrected chi connectivity index (χ2v) is 15.4. The molecule has 0 aliphatic carbocycles. The van der Waals surface area contributed by atoms with Crippen LogP contribution in [0.1, 0.15) is 121 Å². The van der Waals surface area contributed by atoms with E-state index in [2.05, 4.69) is 86.9 Å². The number of aryl methyl sites for hydroxylation is 6. The van der Waals surface area contributed by atoms with Gasteiger partial charge in [-0.15, -0.1) is 0 Å². The van der Waals surface area contributed by atoms with Gasteiger partial charge in [0, 0.05) is 63.3 Å². The Bertz CT molecular complexity index is 1960. The van der Waals surface area contributed by atoms with E-state index in [0.29, 0.717) is 45.1 Å². The summed E-state index contributed by atoms with van der Waals surface area (Å²) in [6.07, 6.45) is 7.15. The number of ether oxygens (including phenoxy) is 2. The maximum Gasteiger partial charge on any atom is 0.306 e. The number of fused-ring (bicyclic) bond motifs is 2. The average molecular weight is 777 g/mol. The van der Waals surface area contributed by atoms with Crippen LogP contribution in [-0.2, 0) is 49.5 Å². The minimum absolute atomic E-state index is 0. The van der Waals surface area contributed by atoms with Gasteiger partial charge < -0.3 is 25.2 Å². The van der Waals surface area contributed by atoms with Crippen molar-refractivity contribution in [2.24, 2.45) is 0 Å². The highest BCUT2D eigenvalue weighted by Gasteiger charge is 2.24. The van der Waals surface area contributed by atoms with Crippen LogP contribution in [0, 0.1) is 27.7 Å². The zero-order valence-electron chi connectivity index (χ0n) is 34.0. The zero-order chi connectivity index (χ0) is 40.0. The largest absolute Gasteiger partial charge is 0.466 e. The van der Waals surface area contributed by atoms with Gasteiger partial charge in [-0.1, -0.05) is 68.1 Å². The van der Waals surface area contributed by atoms with Crippen LogP contribution in [-0.4, -0.2) is 49.1 Å². The number of nitrogens with one attached hydrogen (secondary N) is 2. The molecule has 8 heteroatoms. The fraction of sp³-hybridized carbons (Fsp3) is 0.449. The number of benzene rings is 4. The summed E-state index contributed by atoms with van der Waals surface area (Å²) in [5, 5.41) is 16.2. The fourth-order valence-electron chi connectivity index (χ4n) is 7.42. The molecule has 306 valence electrons. The third kappa shape index (κ3) is 13.4. The SMILES string of the molecule is C.C1CCOC1.CCOC(=O)CCc1cccc(C2CC(=O)Cc3cc(C)c(C)cc3N2)c1.Cc1cc2c(cc1C)NC(c1cccc(CCCO)c1)CC(=O)C2. The molecule has 3 heterocycles. The first-order chi connectivity index (χ1) is 27.0. The highest BCUT2D eigenvalue weighted by atomic mass is 16.5. The Hall–Kier alpha value is -4.79. The molecule has 1 fully saturated rings. The highest BCUT2D eigenvalue weighted by Crippen LogP contribution is 2.34. The van der Waals surface area contributed by atoms with Crippen molar-refractivity contribution in [3.63, 3.8) is 0 Å². The molecule has 1 saturated heterocycles. The van der Waals surface area contributed by atoms with Crippen LogP contribution in [0.5, 0.6) is 0 Å². The first-order valence-electron chi connectivity index (χ1n) is 20.3. The standard InChI is InChI=1S/C23H27NO3.C21H25NO2.C4H8O.CH4/c1-4-27-23(26)9-8-17-6-5-7-18(12-17)22-14-20(25)13-19-10-15(2)16(3)11-21(19)24-22;1-14-9-18-12-19(24)13-21(22-20(18)10-15(14)2)17-7-3-5-16(11-17)6-4-8-23;1-2-4-5-3-1;/h5-7,10-12,22,24H,4,8-9,13-14H2,1-3H3;3,5,7,9-11,21-23H,4,6,8,12-13H2,1-2H3;1-4H2;1H4. The van der Waals surface area contributed by atoms with Gasteiger partial charge in [-0.25, -0.2) is 0 Å². The van der Waals surface area contributed by atoms with Gasteiger partial charge in [0.2, 0.25) is 0 Å². The lowest BCUT2D eigenvalue weighted by molar-refractivity contribution is -0.143. The highest BCUT2D eigenvalue weighted by molar-refractivity contribution is 5.86. The molecule has 0 amide bonds. The first kappa shape index (κ1) is 44.9. The molecule has 2 atom stereocenters. The minimum atomic E-state index is -0.176. The third-order valence-electron chi connectivity index (χ3n) is 10.8. The number of carbonyl (C=O) groups is 3. The summed E-state index contributed by atoms with van der Waals surface area (Å²) >= 11 is 0. The lowest BCUT2D eigenvalue weighted by atomic mass is 9.97. The summed E-state index contributed by atoms with van der Waals surface area (Å²) in [5.74, 6) is 0.340. The second-order valence-electron chi connectivity index (χ2n) is 15.4. The molecule has 0 bridgehead atoms. The molecule has 57 heavy (non-hydrogen) atoms. The predicted molar refractivity (Wildman–Crippen MR) is 231 cm³/mol. The molecule has 3 aliphatic rings. The topological polar surface area (TPSA) is 114 Å². The van der Waals surface area contributed by atoms with E-state index in [4.69, 9.17) is 14.6 Å². The van der Waals surface area contributed by atoms with Crippen LogP contribution in [0.15, 0.2) is 72.8 Å². The number of hydrogen-bond acceptors (Lipinski definition) is 8. The van der Waals surface area contributed by atoms with E-state index in [1.165, 1.54) is 40.7 Å². The molecule has 0 saturated carbocycles. The summed E-state index contributed by atoms with van der Waals surface area (Å²) in [5.41, 5.74) is 13.7. The number of ketones is 2. The van der Waals surface area contributed by atoms with E-state index in [1.54, 1.807) is 0 Å². The van der Waals surface area contributed by atoms with Crippen molar-refractivity contribution in [2.75, 3.05) is 37.1 Å². The molecule has 4 aromatic rings. The van der Waals surface area contributed by atoms with E-state index in [9.17, 15) is 14.4 Å². The molecule has 0 spiro atoms. The summed E-state index contributed by atoms with van der Waals surface area (Å²) in [6, 6.07) is 25.0. The lowest BCUT2D eigenvalue weighted by Crippen LogP contribution is -2.13. The van der Waals surface area contributed by atoms with Crippen molar-refractivity contribution in [1.82, 2.24) is 0 Å². The van der Waals surface area contributed by atoms with Crippen LogP contribution in [0.25, 0.3) is 0 Å². The molecule has 0 radical (unpaired) electrons. The lowest BCUT2D eigenvalue weighted by Gasteiger charge is -2.20. The number of hydrogen-bond donors (Lipinski definition) is 3. The van der Waals surface area contributed by atoms with E-state index in [1.807, 2.05) is 31.2 Å². The van der Waals surface area contributed by atoms with Gasteiger partial charge in [-0.2, -0.15) is 0 Å². The van der Waals surface area contributed by atoms with Crippen molar-refractivity contribution in [3.8, 4) is 0 Å². The normalized spacial score (nSPS) is 17.0. The van der Waals surface area contributed by atoms with Gasteiger partial charge >= 0.3 is 5.97 Å². The van der Waals surface area contributed by atoms with Crippen LogP contribution in [0.2, 0.25) is 0 Å². The molecular formula is C49H64N2O6. The number of anilines is 2. The van der Waals surface area contributed by atoms with Gasteiger partial charge in [0.05, 0.1) is 18.7 Å². The number of Topliss-reactive ketones (excluding diaryl/α,β-unsaturated/α-hetero) is 2. The molecule has 2 unspecified atom stereocenters. The Morgan fingerprint density at radius 2 is 1.19 bits per heavy atom. The van der Waals surface area contributed by atoms with E-state index in [0.717, 1.165) is 65.2 Å². The number of aliphatic hydroxyl groups is 1. The molecule has 7 rings (SSSR count). The summed E-state index contributed by atoms with van der Waals surface area (Å²) in [6.45, 7) is 12.8. The Morgan fingerprint density at radius 3 is 1.63 bits per heavy atom. The van der Waals surface area contributed by atoms with E-state index < -0.39 is 0 Å². The molecule has 0 aromatic heterocycles. The molecule has 4 aromatic carbocycles. The van der Waals surface area contributed by atoms with Crippen molar-refractivity contribution >= 4 is 28.9 Å². The van der Waals surface area contributed by atoms with Crippen molar-refractivity contribution in [2.45, 2.75) is 118 Å². The maximum atomic E-state index is 12.5.